The molecule has 596 valence electrons. The fourth-order valence-electron chi connectivity index (χ4n) is 13.5. The topological polar surface area (TPSA) is 228 Å². The first-order chi connectivity index (χ1) is 50.6. The Labute approximate surface area is 629 Å². The Balaban J connectivity index is 1.59. The average molecular weight is 1450 g/mol. The van der Waals surface area contributed by atoms with Crippen LogP contribution in [0.25, 0.3) is 0 Å². The highest BCUT2D eigenvalue weighted by atomic mass is 16.7. The summed E-state index contributed by atoms with van der Waals surface area (Å²) in [5, 5.41) is 87.7. The second kappa shape index (κ2) is 71.6. The number of rotatable bonds is 71. The summed E-state index contributed by atoms with van der Waals surface area (Å²) in [5.74, 6) is -0.249. The Morgan fingerprint density at radius 2 is 0.680 bits per heavy atom. The van der Waals surface area contributed by atoms with Crippen molar-refractivity contribution in [1.82, 2.24) is 5.32 Å². The van der Waals surface area contributed by atoms with E-state index in [0.717, 1.165) is 83.5 Å². The monoisotopic (exact) mass is 1450 g/mol. The molecule has 0 aromatic rings. The molecule has 0 saturated carbocycles. The van der Waals surface area contributed by atoms with Crippen molar-refractivity contribution in [3.05, 3.63) is 109 Å². The Kier molecular flexibility index (Phi) is 66.5. The van der Waals surface area contributed by atoms with Gasteiger partial charge in [0.15, 0.2) is 12.6 Å². The molecule has 2 fully saturated rings. The van der Waals surface area contributed by atoms with Gasteiger partial charge in [-0.05, 0) is 96.3 Å². The highest BCUT2D eigenvalue weighted by Gasteiger charge is 2.51. The summed E-state index contributed by atoms with van der Waals surface area (Å²) in [7, 11) is 0. The van der Waals surface area contributed by atoms with Crippen LogP contribution in [0.5, 0.6) is 0 Å². The molecule has 14 heteroatoms. The van der Waals surface area contributed by atoms with E-state index in [2.05, 4.69) is 116 Å². The lowest BCUT2D eigenvalue weighted by atomic mass is 9.97. The summed E-state index contributed by atoms with van der Waals surface area (Å²) in [6.07, 6.45) is 87.6. The molecule has 12 atom stereocenters. The van der Waals surface area contributed by atoms with Crippen molar-refractivity contribution in [2.24, 2.45) is 0 Å². The van der Waals surface area contributed by atoms with E-state index in [1.54, 1.807) is 6.08 Å². The first-order valence-electron chi connectivity index (χ1n) is 42.6. The minimum Gasteiger partial charge on any atom is -0.394 e. The number of nitrogens with one attached hydrogen (secondary N) is 1. The number of hydrogen-bond acceptors (Lipinski definition) is 13. The van der Waals surface area contributed by atoms with Gasteiger partial charge in [-0.1, -0.05) is 361 Å². The maximum Gasteiger partial charge on any atom is 0.220 e. The van der Waals surface area contributed by atoms with E-state index >= 15 is 0 Å². The molecule has 1 amide bonds. The summed E-state index contributed by atoms with van der Waals surface area (Å²) in [6.45, 7) is 2.70. The van der Waals surface area contributed by atoms with Gasteiger partial charge in [0.2, 0.25) is 5.91 Å². The second-order valence-corrected chi connectivity index (χ2v) is 29.6. The van der Waals surface area contributed by atoms with E-state index in [1.807, 2.05) is 6.08 Å². The van der Waals surface area contributed by atoms with Crippen LogP contribution in [0.3, 0.4) is 0 Å². The zero-order chi connectivity index (χ0) is 74.4. The predicted octanol–water partition coefficient (Wildman–Crippen LogP) is 20.2. The molecular weight excluding hydrogens is 1290 g/mol. The van der Waals surface area contributed by atoms with Gasteiger partial charge in [0.1, 0.15) is 48.8 Å². The van der Waals surface area contributed by atoms with E-state index in [1.165, 1.54) is 238 Å². The zero-order valence-electron chi connectivity index (χ0n) is 65.5. The first kappa shape index (κ1) is 95.7. The normalized spacial score (nSPS) is 22.1. The fourth-order valence-corrected chi connectivity index (χ4v) is 13.5. The SMILES string of the molecule is CC/C=C\C/C=C\C/C=C\C/C=C\C/C=C\C/C=C\CCCCCCCCCCCCCCCCCCCCCCCCC(=O)NC(COC1OC(CO)C(OC2OC(CO)C(O)C(O)C2O)C(O)C1O)C(O)/C=C/CC/C=C/CC/C=C/CCCCCCCCCCCCCCCCCCCC. The molecule has 2 aliphatic heterocycles. The molecule has 0 spiro atoms. The van der Waals surface area contributed by atoms with Crippen LogP contribution in [0.1, 0.15) is 354 Å². The van der Waals surface area contributed by atoms with E-state index in [-0.39, 0.29) is 18.9 Å². The van der Waals surface area contributed by atoms with Crippen molar-refractivity contribution in [2.45, 2.75) is 428 Å². The van der Waals surface area contributed by atoms with Gasteiger partial charge in [-0.15, -0.1) is 0 Å². The number of carbonyl (C=O) groups is 1. The quantitative estimate of drug-likeness (QED) is 0.0204. The first-order valence-corrected chi connectivity index (χ1v) is 42.6. The molecule has 0 aliphatic carbocycles. The fraction of sp³-hybridized carbons (Fsp3) is 0.787. The van der Waals surface area contributed by atoms with Crippen LogP contribution in [0.2, 0.25) is 0 Å². The lowest BCUT2D eigenvalue weighted by Crippen LogP contribution is -2.65. The largest absolute Gasteiger partial charge is 0.394 e. The van der Waals surface area contributed by atoms with Crippen molar-refractivity contribution >= 4 is 5.91 Å². The van der Waals surface area contributed by atoms with E-state index in [0.29, 0.717) is 12.8 Å². The lowest BCUT2D eigenvalue weighted by Gasteiger charge is -2.46. The highest BCUT2D eigenvalue weighted by Crippen LogP contribution is 2.30. The maximum absolute atomic E-state index is 13.4. The number of ether oxygens (including phenoxy) is 4. The van der Waals surface area contributed by atoms with Gasteiger partial charge in [-0.3, -0.25) is 4.79 Å². The molecule has 103 heavy (non-hydrogen) atoms. The maximum atomic E-state index is 13.4. The number of allylic oxidation sites excluding steroid dienone is 17. The number of hydrogen-bond donors (Lipinski definition) is 9. The minimum atomic E-state index is -1.80. The molecule has 0 bridgehead atoms. The van der Waals surface area contributed by atoms with E-state index < -0.39 is 86.8 Å². The average Bonchev–Trinajstić information content (AvgIpc) is 0.791. The van der Waals surface area contributed by atoms with Gasteiger partial charge in [0, 0.05) is 6.42 Å². The Morgan fingerprint density at radius 3 is 1.07 bits per heavy atom. The van der Waals surface area contributed by atoms with Crippen LogP contribution in [-0.2, 0) is 23.7 Å². The molecule has 2 aliphatic rings. The van der Waals surface area contributed by atoms with Crippen molar-refractivity contribution in [1.29, 1.82) is 0 Å². The van der Waals surface area contributed by atoms with Crippen LogP contribution >= 0.6 is 0 Å². The Hall–Kier alpha value is -3.35. The van der Waals surface area contributed by atoms with Crippen LogP contribution in [0.4, 0.5) is 0 Å². The number of unbranched alkanes of at least 4 members (excludes halogenated alkanes) is 42. The van der Waals surface area contributed by atoms with Gasteiger partial charge >= 0.3 is 0 Å². The van der Waals surface area contributed by atoms with E-state index in [9.17, 15) is 45.6 Å². The molecule has 2 saturated heterocycles. The van der Waals surface area contributed by atoms with Crippen LogP contribution in [0, 0.1) is 0 Å². The Morgan fingerprint density at radius 1 is 0.359 bits per heavy atom. The standard InChI is InChI=1S/C89H157NO13/c1-3-5-7-9-11-13-15-17-19-21-23-25-27-29-31-33-34-35-36-37-38-39-40-41-42-43-44-45-47-49-51-53-55-57-59-61-63-65-67-69-71-73-81(94)90-77(76-100-88-86(99)84(97)87(80(75-92)102-88)103-89-85(98)83(96)82(95)79(74-91)101-89)78(93)72-70-68-66-64-62-60-58-56-54-52-50-48-46-32-30-28-26-24-22-20-18-16-14-12-10-8-6-4-2/h5,7,11,13,17,19,23,25,29,31,34-35,54,56,62,64,70,72,77-80,82-89,91-93,95-99H,3-4,6,8-10,12,14-16,18,20-22,24,26-28,30,32-33,36-53,55,57-61,63,65-69,71,73-76H2,1-2H3,(H,90,94)/b7-5-,13-11-,19-17-,25-23-,31-29-,35-34-,56-54+,64-62+,72-70+. The number of aliphatic hydroxyl groups excluding tert-OH is 8. The van der Waals surface area contributed by atoms with Gasteiger partial charge in [0.25, 0.3) is 0 Å². The van der Waals surface area contributed by atoms with Crippen molar-refractivity contribution in [3.63, 3.8) is 0 Å². The van der Waals surface area contributed by atoms with Crippen molar-refractivity contribution in [3.8, 4) is 0 Å². The molecule has 0 aromatic heterocycles. The second-order valence-electron chi connectivity index (χ2n) is 29.6. The summed E-state index contributed by atoms with van der Waals surface area (Å²) >= 11 is 0. The van der Waals surface area contributed by atoms with Crippen molar-refractivity contribution < 1.29 is 64.6 Å². The van der Waals surface area contributed by atoms with Crippen LogP contribution in [-0.4, -0.2) is 140 Å². The minimum absolute atomic E-state index is 0.249. The third-order valence-corrected chi connectivity index (χ3v) is 20.2. The summed E-state index contributed by atoms with van der Waals surface area (Å²) in [4.78, 5) is 13.4. The zero-order valence-corrected chi connectivity index (χ0v) is 65.5. The molecule has 2 heterocycles. The number of amides is 1. The Bertz CT molecular complexity index is 2150. The molecule has 0 radical (unpaired) electrons. The summed E-state index contributed by atoms with van der Waals surface area (Å²) in [5.41, 5.74) is 0. The molecular formula is C89H157NO13. The highest BCUT2D eigenvalue weighted by molar-refractivity contribution is 5.76. The van der Waals surface area contributed by atoms with E-state index in [4.69, 9.17) is 18.9 Å². The van der Waals surface area contributed by atoms with Gasteiger partial charge in [-0.2, -0.15) is 0 Å². The van der Waals surface area contributed by atoms with Crippen LogP contribution < -0.4 is 5.32 Å². The summed E-state index contributed by atoms with van der Waals surface area (Å²) < 4.78 is 22.9. The summed E-state index contributed by atoms with van der Waals surface area (Å²) in [6, 6.07) is -0.944. The number of aliphatic hydroxyl groups is 8. The van der Waals surface area contributed by atoms with Gasteiger partial charge in [-0.25, -0.2) is 0 Å². The third kappa shape index (κ3) is 54.0. The molecule has 0 aromatic carbocycles. The van der Waals surface area contributed by atoms with Crippen molar-refractivity contribution in [2.75, 3.05) is 19.8 Å². The van der Waals surface area contributed by atoms with Crippen LogP contribution in [0.15, 0.2) is 109 Å². The molecule has 14 nitrogen and oxygen atoms in total. The number of carbonyl (C=O) groups excluding carboxylic acids is 1. The smallest absolute Gasteiger partial charge is 0.220 e. The van der Waals surface area contributed by atoms with Gasteiger partial charge < -0.3 is 65.1 Å². The predicted molar refractivity (Wildman–Crippen MR) is 429 cm³/mol. The lowest BCUT2D eigenvalue weighted by molar-refractivity contribution is -0.359. The molecule has 9 N–H and O–H groups in total. The van der Waals surface area contributed by atoms with Gasteiger partial charge in [0.05, 0.1) is 32.0 Å². The molecule has 2 rings (SSSR count). The third-order valence-electron chi connectivity index (χ3n) is 20.2. The molecule has 12 unspecified atom stereocenters.